The average molecular weight is 286 g/mol. The van der Waals surface area contributed by atoms with Crippen LogP contribution in [0.25, 0.3) is 0 Å². The van der Waals surface area contributed by atoms with Gasteiger partial charge in [-0.1, -0.05) is 11.2 Å². The molecule has 102 valence electrons. The van der Waals surface area contributed by atoms with E-state index < -0.39 is 20.7 Å². The first-order valence-corrected chi connectivity index (χ1v) is 6.80. The number of hydrogen-bond acceptors (Lipinski definition) is 5. The molecular weight excluding hydrogens is 275 g/mol. The summed E-state index contributed by atoms with van der Waals surface area (Å²) in [6, 6.07) is 4.91. The number of hydrogen-bond donors (Lipinski definition) is 2. The quantitative estimate of drug-likeness (QED) is 0.847. The molecule has 1 aromatic heterocycles. The standard InChI is InChI=1S/C11H11FN2O4S/c12-10-5-8(7-15)1-2-11(10)19(16,17)14-6-9-3-4-13-18-9/h1-5,14-15H,6-7H2. The van der Waals surface area contributed by atoms with Crippen LogP contribution >= 0.6 is 0 Å². The van der Waals surface area contributed by atoms with Gasteiger partial charge in [-0.05, 0) is 17.7 Å². The molecule has 2 N–H and O–H groups in total. The van der Waals surface area contributed by atoms with Gasteiger partial charge in [0.15, 0.2) is 5.76 Å². The second-order valence-electron chi connectivity index (χ2n) is 3.73. The van der Waals surface area contributed by atoms with Crippen LogP contribution in [0.3, 0.4) is 0 Å². The molecule has 6 nitrogen and oxygen atoms in total. The average Bonchev–Trinajstić information content (AvgIpc) is 2.89. The molecule has 0 aliphatic rings. The van der Waals surface area contributed by atoms with Crippen LogP contribution in [0.4, 0.5) is 4.39 Å². The topological polar surface area (TPSA) is 92.4 Å². The minimum absolute atomic E-state index is 0.122. The highest BCUT2D eigenvalue weighted by atomic mass is 32.2. The molecule has 19 heavy (non-hydrogen) atoms. The van der Waals surface area contributed by atoms with Gasteiger partial charge in [0.1, 0.15) is 10.7 Å². The largest absolute Gasteiger partial charge is 0.392 e. The molecule has 8 heteroatoms. The van der Waals surface area contributed by atoms with E-state index in [0.717, 1.165) is 12.1 Å². The van der Waals surface area contributed by atoms with Crippen LogP contribution < -0.4 is 4.72 Å². The summed E-state index contributed by atoms with van der Waals surface area (Å²) in [5, 5.41) is 12.3. The molecule has 2 aromatic rings. The smallest absolute Gasteiger partial charge is 0.243 e. The SMILES string of the molecule is O=S(=O)(NCc1ccno1)c1ccc(CO)cc1F. The van der Waals surface area contributed by atoms with Crippen LogP contribution in [0.2, 0.25) is 0 Å². The summed E-state index contributed by atoms with van der Waals surface area (Å²) in [5.74, 6) is -0.604. The van der Waals surface area contributed by atoms with Crippen molar-refractivity contribution in [1.82, 2.24) is 9.88 Å². The van der Waals surface area contributed by atoms with Crippen molar-refractivity contribution in [2.75, 3.05) is 0 Å². The van der Waals surface area contributed by atoms with Crippen LogP contribution in [0.15, 0.2) is 39.9 Å². The zero-order valence-corrected chi connectivity index (χ0v) is 10.5. The Bertz CT molecular complexity index is 655. The molecule has 0 saturated heterocycles. The van der Waals surface area contributed by atoms with Gasteiger partial charge in [-0.15, -0.1) is 0 Å². The molecule has 2 rings (SSSR count). The van der Waals surface area contributed by atoms with Crippen molar-refractivity contribution in [2.45, 2.75) is 18.0 Å². The fourth-order valence-corrected chi connectivity index (χ4v) is 2.49. The molecule has 0 radical (unpaired) electrons. The molecule has 0 spiro atoms. The molecule has 0 saturated carbocycles. The third-order valence-electron chi connectivity index (χ3n) is 2.40. The highest BCUT2D eigenvalue weighted by molar-refractivity contribution is 7.89. The molecular formula is C11H11FN2O4S. The highest BCUT2D eigenvalue weighted by Crippen LogP contribution is 2.16. The number of sulfonamides is 1. The van der Waals surface area contributed by atoms with Gasteiger partial charge in [0.25, 0.3) is 0 Å². The molecule has 0 aliphatic heterocycles. The number of nitrogens with one attached hydrogen (secondary N) is 1. The van der Waals surface area contributed by atoms with E-state index in [1.165, 1.54) is 18.3 Å². The Morgan fingerprint density at radius 3 is 2.74 bits per heavy atom. The van der Waals surface area contributed by atoms with E-state index in [4.69, 9.17) is 9.63 Å². The maximum atomic E-state index is 13.6. The molecule has 0 amide bonds. The summed E-state index contributed by atoms with van der Waals surface area (Å²) in [7, 11) is -3.99. The number of halogens is 1. The number of aromatic nitrogens is 1. The Balaban J connectivity index is 2.19. The first-order chi connectivity index (χ1) is 9.03. The molecule has 1 aromatic carbocycles. The van der Waals surface area contributed by atoms with Crippen molar-refractivity contribution in [3.63, 3.8) is 0 Å². The molecule has 0 fully saturated rings. The van der Waals surface area contributed by atoms with Gasteiger partial charge in [0.2, 0.25) is 10.0 Å². The highest BCUT2D eigenvalue weighted by Gasteiger charge is 2.19. The van der Waals surface area contributed by atoms with E-state index in [9.17, 15) is 12.8 Å². The van der Waals surface area contributed by atoms with E-state index in [1.807, 2.05) is 0 Å². The number of aliphatic hydroxyl groups excluding tert-OH is 1. The minimum Gasteiger partial charge on any atom is -0.392 e. The molecule has 1 heterocycles. The van der Waals surface area contributed by atoms with Crippen molar-refractivity contribution in [2.24, 2.45) is 0 Å². The second-order valence-corrected chi connectivity index (χ2v) is 5.46. The van der Waals surface area contributed by atoms with Crippen LogP contribution in [0.5, 0.6) is 0 Å². The lowest BCUT2D eigenvalue weighted by Gasteiger charge is -2.07. The predicted octanol–water partition coefficient (Wildman–Crippen LogP) is 0.785. The third-order valence-corrected chi connectivity index (χ3v) is 3.83. The Labute approximate surface area is 108 Å². The molecule has 0 unspecified atom stereocenters. The van der Waals surface area contributed by atoms with Crippen molar-refractivity contribution >= 4 is 10.0 Å². The number of benzene rings is 1. The molecule has 0 aliphatic carbocycles. The van der Waals surface area contributed by atoms with Crippen LogP contribution in [0.1, 0.15) is 11.3 Å². The lowest BCUT2D eigenvalue weighted by atomic mass is 10.2. The van der Waals surface area contributed by atoms with Gasteiger partial charge in [0, 0.05) is 6.07 Å². The van der Waals surface area contributed by atoms with E-state index >= 15 is 0 Å². The number of aliphatic hydroxyl groups is 1. The van der Waals surface area contributed by atoms with Gasteiger partial charge in [-0.25, -0.2) is 17.5 Å². The van der Waals surface area contributed by atoms with Crippen molar-refractivity contribution < 1.29 is 22.4 Å². The third kappa shape index (κ3) is 3.16. The van der Waals surface area contributed by atoms with Crippen LogP contribution in [-0.4, -0.2) is 18.7 Å². The summed E-state index contributed by atoms with van der Waals surface area (Å²) in [6.07, 6.45) is 1.38. The Hall–Kier alpha value is -1.77. The second kappa shape index (κ2) is 5.47. The van der Waals surface area contributed by atoms with E-state index in [1.54, 1.807) is 0 Å². The van der Waals surface area contributed by atoms with Gasteiger partial charge in [0.05, 0.1) is 19.3 Å². The summed E-state index contributed by atoms with van der Waals surface area (Å²) in [6.45, 7) is -0.480. The summed E-state index contributed by atoms with van der Waals surface area (Å²) < 4.78 is 44.3. The zero-order valence-electron chi connectivity index (χ0n) is 9.71. The molecule has 0 bridgehead atoms. The van der Waals surface area contributed by atoms with Gasteiger partial charge < -0.3 is 9.63 Å². The van der Waals surface area contributed by atoms with Gasteiger partial charge in [-0.2, -0.15) is 0 Å². The Kier molecular flexibility index (Phi) is 3.93. The van der Waals surface area contributed by atoms with Crippen LogP contribution in [0, 0.1) is 5.82 Å². The number of rotatable bonds is 5. The maximum absolute atomic E-state index is 13.6. The van der Waals surface area contributed by atoms with Crippen molar-refractivity contribution in [3.05, 3.63) is 47.6 Å². The van der Waals surface area contributed by atoms with Gasteiger partial charge >= 0.3 is 0 Å². The van der Waals surface area contributed by atoms with Gasteiger partial charge in [-0.3, -0.25) is 0 Å². The first-order valence-electron chi connectivity index (χ1n) is 5.31. The Morgan fingerprint density at radius 2 is 2.16 bits per heavy atom. The monoisotopic (exact) mass is 286 g/mol. The molecule has 0 atom stereocenters. The van der Waals surface area contributed by atoms with Crippen molar-refractivity contribution in [3.8, 4) is 0 Å². The van der Waals surface area contributed by atoms with E-state index in [2.05, 4.69) is 9.88 Å². The van der Waals surface area contributed by atoms with E-state index in [0.29, 0.717) is 11.3 Å². The number of nitrogens with zero attached hydrogens (tertiary/aromatic N) is 1. The van der Waals surface area contributed by atoms with E-state index in [-0.39, 0.29) is 13.2 Å². The maximum Gasteiger partial charge on any atom is 0.243 e. The lowest BCUT2D eigenvalue weighted by Crippen LogP contribution is -2.24. The summed E-state index contributed by atoms with van der Waals surface area (Å²) in [5.41, 5.74) is 0.298. The zero-order chi connectivity index (χ0) is 13.9. The summed E-state index contributed by atoms with van der Waals surface area (Å²) in [4.78, 5) is -0.482. The fourth-order valence-electron chi connectivity index (χ4n) is 1.44. The van der Waals surface area contributed by atoms with Crippen molar-refractivity contribution in [1.29, 1.82) is 0 Å². The fraction of sp³-hybridized carbons (Fsp3) is 0.182. The predicted molar refractivity (Wildman–Crippen MR) is 62.9 cm³/mol. The first kappa shape index (κ1) is 13.7. The minimum atomic E-state index is -3.99. The summed E-state index contributed by atoms with van der Waals surface area (Å²) >= 11 is 0. The normalized spacial score (nSPS) is 11.7. The van der Waals surface area contributed by atoms with Crippen LogP contribution in [-0.2, 0) is 23.2 Å². The Morgan fingerprint density at radius 1 is 1.37 bits per heavy atom. The lowest BCUT2D eigenvalue weighted by molar-refractivity contribution is 0.281.